The van der Waals surface area contributed by atoms with Crippen LogP contribution in [0.5, 0.6) is 0 Å². The van der Waals surface area contributed by atoms with Crippen LogP contribution in [-0.4, -0.2) is 29.3 Å². The highest BCUT2D eigenvalue weighted by molar-refractivity contribution is 5.85. The standard InChI is InChI=1S/C8H13NO4/c1-2-3-7(11)9-6(4-5-10)8(12)13/h5-6H,2-4H2,1H3,(H,9,11)(H,12,13)/t6-/m0/s1. The highest BCUT2D eigenvalue weighted by Gasteiger charge is 2.18. The van der Waals surface area contributed by atoms with E-state index in [1.807, 2.05) is 6.92 Å². The normalized spacial score (nSPS) is 11.8. The second kappa shape index (κ2) is 6.16. The predicted octanol–water partition coefficient (Wildman–Crippen LogP) is -0.0551. The van der Waals surface area contributed by atoms with E-state index in [1.54, 1.807) is 0 Å². The molecule has 5 nitrogen and oxygen atoms in total. The fourth-order valence-corrected chi connectivity index (χ4v) is 0.811. The SMILES string of the molecule is CCCC(=O)N[C@@H](CC=O)C(=O)O. The van der Waals surface area contributed by atoms with Gasteiger partial charge in [-0.25, -0.2) is 4.79 Å². The van der Waals surface area contributed by atoms with Crippen molar-refractivity contribution in [2.24, 2.45) is 0 Å². The van der Waals surface area contributed by atoms with Crippen LogP contribution in [0.25, 0.3) is 0 Å². The van der Waals surface area contributed by atoms with Gasteiger partial charge in [0.15, 0.2) is 0 Å². The lowest BCUT2D eigenvalue weighted by Crippen LogP contribution is -2.40. The minimum atomic E-state index is -1.18. The summed E-state index contributed by atoms with van der Waals surface area (Å²) < 4.78 is 0. The Labute approximate surface area is 76.1 Å². The predicted molar refractivity (Wildman–Crippen MR) is 45.2 cm³/mol. The van der Waals surface area contributed by atoms with Crippen molar-refractivity contribution in [2.45, 2.75) is 32.2 Å². The molecule has 0 rings (SSSR count). The van der Waals surface area contributed by atoms with Crippen molar-refractivity contribution in [1.82, 2.24) is 5.32 Å². The maximum Gasteiger partial charge on any atom is 0.326 e. The molecule has 0 radical (unpaired) electrons. The molecule has 0 bridgehead atoms. The largest absolute Gasteiger partial charge is 0.480 e. The molecule has 0 fully saturated rings. The van der Waals surface area contributed by atoms with Crippen molar-refractivity contribution in [3.05, 3.63) is 0 Å². The average molecular weight is 187 g/mol. The number of aliphatic carboxylic acids is 1. The fraction of sp³-hybridized carbons (Fsp3) is 0.625. The first-order valence-electron chi connectivity index (χ1n) is 4.07. The smallest absolute Gasteiger partial charge is 0.326 e. The highest BCUT2D eigenvalue weighted by Crippen LogP contribution is 1.92. The Morgan fingerprint density at radius 1 is 1.54 bits per heavy atom. The van der Waals surface area contributed by atoms with Crippen LogP contribution < -0.4 is 5.32 Å². The minimum Gasteiger partial charge on any atom is -0.480 e. The van der Waals surface area contributed by atoms with Gasteiger partial charge in [0.25, 0.3) is 0 Å². The summed E-state index contributed by atoms with van der Waals surface area (Å²) >= 11 is 0. The second-order valence-corrected chi connectivity index (χ2v) is 2.61. The molecule has 0 heterocycles. The number of hydrogen-bond acceptors (Lipinski definition) is 3. The number of carboxylic acid groups (broad SMARTS) is 1. The number of rotatable bonds is 6. The summed E-state index contributed by atoms with van der Waals surface area (Å²) in [5.74, 6) is -1.52. The van der Waals surface area contributed by atoms with Gasteiger partial charge in [-0.1, -0.05) is 6.92 Å². The third-order valence-electron chi connectivity index (χ3n) is 1.44. The van der Waals surface area contributed by atoms with Gasteiger partial charge in [-0.3, -0.25) is 4.79 Å². The number of aldehydes is 1. The Balaban J connectivity index is 4.01. The quantitative estimate of drug-likeness (QED) is 0.571. The van der Waals surface area contributed by atoms with E-state index in [0.29, 0.717) is 12.7 Å². The molecule has 2 N–H and O–H groups in total. The van der Waals surface area contributed by atoms with Crippen LogP contribution in [0.3, 0.4) is 0 Å². The van der Waals surface area contributed by atoms with Crippen LogP contribution in [-0.2, 0) is 14.4 Å². The molecule has 0 aliphatic carbocycles. The zero-order valence-electron chi connectivity index (χ0n) is 7.45. The number of carbonyl (C=O) groups is 3. The van der Waals surface area contributed by atoms with Crippen molar-refractivity contribution in [1.29, 1.82) is 0 Å². The van der Waals surface area contributed by atoms with Gasteiger partial charge < -0.3 is 15.2 Å². The first-order valence-corrected chi connectivity index (χ1v) is 4.07. The van der Waals surface area contributed by atoms with Gasteiger partial charge in [-0.05, 0) is 6.42 Å². The molecule has 0 saturated heterocycles. The summed E-state index contributed by atoms with van der Waals surface area (Å²) in [6, 6.07) is -1.09. The van der Waals surface area contributed by atoms with Crippen molar-refractivity contribution in [3.8, 4) is 0 Å². The number of hydrogen-bond donors (Lipinski definition) is 2. The van der Waals surface area contributed by atoms with Gasteiger partial charge in [0.1, 0.15) is 12.3 Å². The van der Waals surface area contributed by atoms with Crippen LogP contribution in [0, 0.1) is 0 Å². The molecule has 0 spiro atoms. The molecule has 5 heteroatoms. The Hall–Kier alpha value is -1.39. The van der Waals surface area contributed by atoms with E-state index in [0.717, 1.165) is 0 Å². The van der Waals surface area contributed by atoms with E-state index in [1.165, 1.54) is 0 Å². The van der Waals surface area contributed by atoms with Gasteiger partial charge in [-0.15, -0.1) is 0 Å². The molecule has 1 amide bonds. The molecular formula is C8H13NO4. The van der Waals surface area contributed by atoms with E-state index < -0.39 is 12.0 Å². The zero-order valence-corrected chi connectivity index (χ0v) is 7.45. The summed E-state index contributed by atoms with van der Waals surface area (Å²) in [6.07, 6.45) is 1.22. The third-order valence-corrected chi connectivity index (χ3v) is 1.44. The molecule has 0 aromatic heterocycles. The number of amides is 1. The monoisotopic (exact) mass is 187 g/mol. The summed E-state index contributed by atoms with van der Waals surface area (Å²) in [6.45, 7) is 1.81. The lowest BCUT2D eigenvalue weighted by Gasteiger charge is -2.10. The average Bonchev–Trinajstić information content (AvgIpc) is 2.04. The van der Waals surface area contributed by atoms with Gasteiger partial charge in [0, 0.05) is 12.8 Å². The number of carboxylic acids is 1. The summed E-state index contributed by atoms with van der Waals surface area (Å²) in [7, 11) is 0. The Kier molecular flexibility index (Phi) is 5.50. The molecule has 0 unspecified atom stereocenters. The lowest BCUT2D eigenvalue weighted by molar-refractivity contribution is -0.142. The summed E-state index contributed by atoms with van der Waals surface area (Å²) in [5, 5.41) is 10.8. The number of nitrogens with one attached hydrogen (secondary N) is 1. The molecule has 13 heavy (non-hydrogen) atoms. The molecule has 0 aromatic rings. The third kappa shape index (κ3) is 4.95. The van der Waals surface area contributed by atoms with Gasteiger partial charge in [-0.2, -0.15) is 0 Å². The fourth-order valence-electron chi connectivity index (χ4n) is 0.811. The van der Waals surface area contributed by atoms with Crippen LogP contribution in [0.1, 0.15) is 26.2 Å². The maximum atomic E-state index is 10.9. The van der Waals surface area contributed by atoms with Crippen LogP contribution in [0.2, 0.25) is 0 Å². The first kappa shape index (κ1) is 11.6. The van der Waals surface area contributed by atoms with E-state index in [4.69, 9.17) is 5.11 Å². The van der Waals surface area contributed by atoms with E-state index in [-0.39, 0.29) is 18.7 Å². The van der Waals surface area contributed by atoms with Crippen molar-refractivity contribution in [2.75, 3.05) is 0 Å². The first-order chi connectivity index (χ1) is 6.11. The molecule has 0 aromatic carbocycles. The van der Waals surface area contributed by atoms with Crippen LogP contribution in [0.15, 0.2) is 0 Å². The Morgan fingerprint density at radius 3 is 2.54 bits per heavy atom. The molecular weight excluding hydrogens is 174 g/mol. The molecule has 0 aliphatic heterocycles. The van der Waals surface area contributed by atoms with E-state index in [2.05, 4.69) is 5.32 Å². The zero-order chi connectivity index (χ0) is 10.3. The Bertz CT molecular complexity index is 202. The molecule has 0 aliphatic rings. The van der Waals surface area contributed by atoms with E-state index in [9.17, 15) is 14.4 Å². The molecule has 0 saturated carbocycles. The van der Waals surface area contributed by atoms with Crippen molar-refractivity contribution >= 4 is 18.2 Å². The van der Waals surface area contributed by atoms with Gasteiger partial charge in [0.2, 0.25) is 5.91 Å². The topological polar surface area (TPSA) is 83.5 Å². The lowest BCUT2D eigenvalue weighted by atomic mass is 10.2. The van der Waals surface area contributed by atoms with Crippen molar-refractivity contribution in [3.63, 3.8) is 0 Å². The van der Waals surface area contributed by atoms with Gasteiger partial charge >= 0.3 is 5.97 Å². The second-order valence-electron chi connectivity index (χ2n) is 2.61. The Morgan fingerprint density at radius 2 is 2.15 bits per heavy atom. The van der Waals surface area contributed by atoms with Crippen LogP contribution >= 0.6 is 0 Å². The molecule has 1 atom stereocenters. The number of carbonyl (C=O) groups excluding carboxylic acids is 2. The van der Waals surface area contributed by atoms with E-state index >= 15 is 0 Å². The minimum absolute atomic E-state index is 0.190. The maximum absolute atomic E-state index is 10.9. The van der Waals surface area contributed by atoms with Crippen molar-refractivity contribution < 1.29 is 19.5 Å². The molecule has 74 valence electrons. The summed E-state index contributed by atoms with van der Waals surface area (Å²) in [5.41, 5.74) is 0. The van der Waals surface area contributed by atoms with Crippen LogP contribution in [0.4, 0.5) is 0 Å². The highest BCUT2D eigenvalue weighted by atomic mass is 16.4. The van der Waals surface area contributed by atoms with Gasteiger partial charge in [0.05, 0.1) is 0 Å². The summed E-state index contributed by atoms with van der Waals surface area (Å²) in [4.78, 5) is 31.4.